The molecule has 0 N–H and O–H groups in total. The van der Waals surface area contributed by atoms with Crippen molar-refractivity contribution < 1.29 is 4.42 Å². The molecule has 3 aromatic rings. The topological polar surface area (TPSA) is 13.1 Å². The summed E-state index contributed by atoms with van der Waals surface area (Å²) in [6.45, 7) is 0. The Morgan fingerprint density at radius 3 is 2.17 bits per heavy atom. The summed E-state index contributed by atoms with van der Waals surface area (Å²) in [5, 5.41) is 2.12. The summed E-state index contributed by atoms with van der Waals surface area (Å²) < 4.78 is 10.8. The molecule has 6 heteroatoms. The first-order valence-corrected chi connectivity index (χ1v) is 8.81. The van der Waals surface area contributed by atoms with Crippen molar-refractivity contribution >= 4 is 102 Å². The van der Waals surface area contributed by atoms with Gasteiger partial charge in [0.05, 0.1) is 8.95 Å². The van der Waals surface area contributed by atoms with Gasteiger partial charge in [-0.1, -0.05) is 0 Å². The van der Waals surface area contributed by atoms with Crippen molar-refractivity contribution in [3.05, 3.63) is 40.6 Å². The predicted octanol–water partition coefficient (Wildman–Crippen LogP) is 7.40. The highest BCUT2D eigenvalue weighted by atomic mass is 79.9. The molecule has 0 unspecified atom stereocenters. The first-order chi connectivity index (χ1) is 8.50. The quantitative estimate of drug-likeness (QED) is 0.260. The molecule has 0 radical (unpaired) electrons. The third-order valence-corrected chi connectivity index (χ3v) is 7.20. The molecule has 2 aromatic carbocycles. The third-order valence-electron chi connectivity index (χ3n) is 2.65. The smallest absolute Gasteiger partial charge is 0.150 e. The summed E-state index contributed by atoms with van der Waals surface area (Å²) in [5.74, 6) is 0. The Morgan fingerprint density at radius 1 is 0.722 bits per heavy atom. The average Bonchev–Trinajstić information content (AvgIpc) is 2.72. The van der Waals surface area contributed by atoms with E-state index >= 15 is 0 Å². The van der Waals surface area contributed by atoms with E-state index in [9.17, 15) is 0 Å². The number of fused-ring (bicyclic) bond motifs is 3. The second kappa shape index (κ2) is 4.88. The number of benzene rings is 2. The van der Waals surface area contributed by atoms with Crippen LogP contribution < -0.4 is 0 Å². The highest BCUT2D eigenvalue weighted by Gasteiger charge is 2.18. The van der Waals surface area contributed by atoms with E-state index in [-0.39, 0.29) is 0 Å². The number of hydrogen-bond donors (Lipinski definition) is 0. The molecular formula is C12H3Br5O. The Labute approximate surface area is 145 Å². The molecule has 0 saturated heterocycles. The highest BCUT2D eigenvalue weighted by Crippen LogP contribution is 2.45. The maximum Gasteiger partial charge on any atom is 0.150 e. The summed E-state index contributed by atoms with van der Waals surface area (Å²) in [5.41, 5.74) is 1.66. The fourth-order valence-electron chi connectivity index (χ4n) is 1.85. The lowest BCUT2D eigenvalue weighted by molar-refractivity contribution is 0.664. The van der Waals surface area contributed by atoms with Gasteiger partial charge in [-0.15, -0.1) is 0 Å². The molecule has 0 saturated carbocycles. The van der Waals surface area contributed by atoms with Gasteiger partial charge in [-0.05, 0) is 97.8 Å². The zero-order chi connectivity index (χ0) is 13.0. The van der Waals surface area contributed by atoms with Gasteiger partial charge >= 0.3 is 0 Å². The fraction of sp³-hybridized carbons (Fsp3) is 0. The molecule has 1 heterocycles. The van der Waals surface area contributed by atoms with Crippen LogP contribution >= 0.6 is 79.6 Å². The highest BCUT2D eigenvalue weighted by molar-refractivity contribution is 9.13. The molecule has 0 aliphatic heterocycles. The molecule has 0 aliphatic carbocycles. The minimum absolute atomic E-state index is 0.832. The van der Waals surface area contributed by atoms with Gasteiger partial charge in [-0.25, -0.2) is 0 Å². The van der Waals surface area contributed by atoms with Gasteiger partial charge in [-0.2, -0.15) is 0 Å². The summed E-state index contributed by atoms with van der Waals surface area (Å²) >= 11 is 17.7. The van der Waals surface area contributed by atoms with Crippen LogP contribution in [0, 0.1) is 0 Å². The summed E-state index contributed by atoms with van der Waals surface area (Å²) in [7, 11) is 0. The van der Waals surface area contributed by atoms with E-state index in [0.717, 1.165) is 44.3 Å². The maximum atomic E-state index is 5.96. The third kappa shape index (κ3) is 1.95. The van der Waals surface area contributed by atoms with Gasteiger partial charge in [0.15, 0.2) is 11.2 Å². The lowest BCUT2D eigenvalue weighted by atomic mass is 10.1. The molecule has 0 amide bonds. The Bertz CT molecular complexity index is 790. The van der Waals surface area contributed by atoms with Crippen molar-refractivity contribution in [2.75, 3.05) is 0 Å². The Balaban J connectivity index is 2.64. The monoisotopic (exact) mass is 558 g/mol. The maximum absolute atomic E-state index is 5.96. The van der Waals surface area contributed by atoms with Gasteiger partial charge in [-0.3, -0.25) is 0 Å². The molecule has 0 fully saturated rings. The van der Waals surface area contributed by atoms with E-state index < -0.39 is 0 Å². The standard InChI is InChI=1S/C12H3Br5O/c13-5-2-1-4-8-9(16)6(14)3-7(15)12(8)18-11(4)10(5)17/h1-3H. The second-order valence-corrected chi connectivity index (χ2v) is 7.85. The van der Waals surface area contributed by atoms with E-state index in [1.807, 2.05) is 18.2 Å². The van der Waals surface area contributed by atoms with Crippen LogP contribution in [0.25, 0.3) is 21.9 Å². The van der Waals surface area contributed by atoms with E-state index in [0.29, 0.717) is 0 Å². The van der Waals surface area contributed by atoms with Crippen molar-refractivity contribution in [1.29, 1.82) is 0 Å². The lowest BCUT2D eigenvalue weighted by Gasteiger charge is -2.00. The molecule has 0 aliphatic rings. The number of rotatable bonds is 0. The Kier molecular flexibility index (Phi) is 3.69. The summed E-state index contributed by atoms with van der Waals surface area (Å²) in [6.07, 6.45) is 0. The predicted molar refractivity (Wildman–Crippen MR) is 92.2 cm³/mol. The summed E-state index contributed by atoms with van der Waals surface area (Å²) in [6, 6.07) is 6.01. The summed E-state index contributed by atoms with van der Waals surface area (Å²) in [4.78, 5) is 0. The van der Waals surface area contributed by atoms with Gasteiger partial charge < -0.3 is 4.42 Å². The van der Waals surface area contributed by atoms with Gasteiger partial charge in [0.2, 0.25) is 0 Å². The fourth-order valence-corrected chi connectivity index (χ4v) is 4.34. The van der Waals surface area contributed by atoms with E-state index in [1.54, 1.807) is 0 Å². The molecule has 0 atom stereocenters. The van der Waals surface area contributed by atoms with Gasteiger partial charge in [0.1, 0.15) is 0 Å². The van der Waals surface area contributed by atoms with Gasteiger partial charge in [0, 0.05) is 24.2 Å². The van der Waals surface area contributed by atoms with Crippen molar-refractivity contribution in [3.8, 4) is 0 Å². The second-order valence-electron chi connectivity index (χ2n) is 3.70. The van der Waals surface area contributed by atoms with Crippen LogP contribution in [0.2, 0.25) is 0 Å². The van der Waals surface area contributed by atoms with Crippen LogP contribution in [-0.4, -0.2) is 0 Å². The van der Waals surface area contributed by atoms with Crippen molar-refractivity contribution in [2.24, 2.45) is 0 Å². The van der Waals surface area contributed by atoms with Crippen molar-refractivity contribution in [2.45, 2.75) is 0 Å². The van der Waals surface area contributed by atoms with Crippen LogP contribution in [0.1, 0.15) is 0 Å². The Hall–Kier alpha value is 0.640. The molecule has 1 nitrogen and oxygen atoms in total. The number of furan rings is 1. The average molecular weight is 563 g/mol. The van der Waals surface area contributed by atoms with Crippen LogP contribution in [0.15, 0.2) is 45.0 Å². The van der Waals surface area contributed by atoms with E-state index in [1.165, 1.54) is 0 Å². The van der Waals surface area contributed by atoms with E-state index in [2.05, 4.69) is 79.6 Å². The minimum atomic E-state index is 0.832. The SMILES string of the molecule is Brc1ccc2c(oc3c(Br)cc(Br)c(Br)c32)c1Br. The Morgan fingerprint density at radius 2 is 1.44 bits per heavy atom. The number of halogens is 5. The van der Waals surface area contributed by atoms with Crippen molar-refractivity contribution in [1.82, 2.24) is 0 Å². The molecule has 1 aromatic heterocycles. The van der Waals surface area contributed by atoms with E-state index in [4.69, 9.17) is 4.42 Å². The normalized spacial score (nSPS) is 11.6. The molecule has 0 spiro atoms. The van der Waals surface area contributed by atoms with Crippen LogP contribution in [0.4, 0.5) is 0 Å². The first kappa shape index (κ1) is 13.6. The molecule has 18 heavy (non-hydrogen) atoms. The van der Waals surface area contributed by atoms with Crippen LogP contribution in [-0.2, 0) is 0 Å². The lowest BCUT2D eigenvalue weighted by Crippen LogP contribution is -1.75. The van der Waals surface area contributed by atoms with Crippen molar-refractivity contribution in [3.63, 3.8) is 0 Å². The van der Waals surface area contributed by atoms with Crippen LogP contribution in [0.3, 0.4) is 0 Å². The molecule has 92 valence electrons. The number of hydrogen-bond acceptors (Lipinski definition) is 1. The zero-order valence-corrected chi connectivity index (χ0v) is 16.5. The first-order valence-electron chi connectivity index (χ1n) is 4.84. The largest absolute Gasteiger partial charge is 0.454 e. The molecule has 0 bridgehead atoms. The zero-order valence-electron chi connectivity index (χ0n) is 8.53. The van der Waals surface area contributed by atoms with Crippen LogP contribution in [0.5, 0.6) is 0 Å². The van der Waals surface area contributed by atoms with Gasteiger partial charge in [0.25, 0.3) is 0 Å². The minimum Gasteiger partial charge on any atom is -0.454 e. The molecular weight excluding hydrogens is 560 g/mol. The molecule has 3 rings (SSSR count).